The van der Waals surface area contributed by atoms with Crippen LogP contribution in [0.1, 0.15) is 45.9 Å². The molecule has 0 aliphatic rings. The van der Waals surface area contributed by atoms with Crippen LogP contribution in [0.15, 0.2) is 12.4 Å². The van der Waals surface area contributed by atoms with Crippen molar-refractivity contribution in [1.29, 1.82) is 0 Å². The Morgan fingerprint density at radius 3 is 2.62 bits per heavy atom. The number of nitrogens with zero attached hydrogens (tertiary/aromatic N) is 3. The molecule has 0 bridgehead atoms. The molecule has 2 rings (SSSR count). The predicted octanol–water partition coefficient (Wildman–Crippen LogP) is 3.08. The Kier molecular flexibility index (Phi) is 4.52. The average molecular weight is 289 g/mol. The van der Waals surface area contributed by atoms with Crippen molar-refractivity contribution < 1.29 is 0 Å². The van der Waals surface area contributed by atoms with Gasteiger partial charge in [-0.2, -0.15) is 10.2 Å². The molecule has 2 aromatic rings. The Labute approximate surface area is 127 Å². The first-order valence-electron chi connectivity index (χ1n) is 7.59. The minimum absolute atomic E-state index is 0.0148. The van der Waals surface area contributed by atoms with Gasteiger partial charge in [0.15, 0.2) is 0 Å². The quantitative estimate of drug-likeness (QED) is 0.889. The summed E-state index contributed by atoms with van der Waals surface area (Å²) >= 11 is 0. The molecule has 2 N–H and O–H groups in total. The highest BCUT2D eigenvalue weighted by atomic mass is 15.3. The zero-order valence-electron chi connectivity index (χ0n) is 14.0. The van der Waals surface area contributed by atoms with Crippen LogP contribution in [0.4, 0.5) is 0 Å². The number of rotatable bonds is 5. The first-order valence-corrected chi connectivity index (χ1v) is 7.59. The molecule has 0 aromatic carbocycles. The summed E-state index contributed by atoms with van der Waals surface area (Å²) in [6, 6.07) is 0. The maximum absolute atomic E-state index is 4.64. The zero-order chi connectivity index (χ0) is 15.6. The number of H-pyrrole nitrogens is 1. The molecular weight excluding hydrogens is 262 g/mol. The second-order valence-corrected chi connectivity index (χ2v) is 7.04. The van der Waals surface area contributed by atoms with Gasteiger partial charge in [0, 0.05) is 23.9 Å². The van der Waals surface area contributed by atoms with E-state index >= 15 is 0 Å². The molecule has 0 saturated carbocycles. The van der Waals surface area contributed by atoms with E-state index in [0.29, 0.717) is 5.92 Å². The molecule has 0 aliphatic heterocycles. The smallest absolute Gasteiger partial charge is 0.0729 e. The van der Waals surface area contributed by atoms with Gasteiger partial charge in [0.1, 0.15) is 0 Å². The van der Waals surface area contributed by atoms with Crippen molar-refractivity contribution in [3.05, 3.63) is 23.7 Å². The van der Waals surface area contributed by atoms with Gasteiger partial charge in [-0.1, -0.05) is 13.8 Å². The molecule has 0 saturated heterocycles. The third-order valence-corrected chi connectivity index (χ3v) is 3.44. The third-order valence-electron chi connectivity index (χ3n) is 3.44. The molecule has 0 spiro atoms. The Morgan fingerprint density at radius 2 is 2.05 bits per heavy atom. The average Bonchev–Trinajstić information content (AvgIpc) is 2.94. The normalized spacial score (nSPS) is 12.3. The van der Waals surface area contributed by atoms with Crippen molar-refractivity contribution in [2.75, 3.05) is 6.54 Å². The lowest BCUT2D eigenvalue weighted by Crippen LogP contribution is -2.22. The monoisotopic (exact) mass is 289 g/mol. The van der Waals surface area contributed by atoms with E-state index in [1.54, 1.807) is 0 Å². The summed E-state index contributed by atoms with van der Waals surface area (Å²) < 4.78 is 2.02. The predicted molar refractivity (Wildman–Crippen MR) is 86.1 cm³/mol. The zero-order valence-corrected chi connectivity index (χ0v) is 14.0. The van der Waals surface area contributed by atoms with Crippen LogP contribution in [0.5, 0.6) is 0 Å². The van der Waals surface area contributed by atoms with Crippen LogP contribution in [-0.4, -0.2) is 26.5 Å². The van der Waals surface area contributed by atoms with Crippen LogP contribution in [0.2, 0.25) is 0 Å². The van der Waals surface area contributed by atoms with Crippen molar-refractivity contribution in [3.63, 3.8) is 0 Å². The molecule has 2 heterocycles. The van der Waals surface area contributed by atoms with Gasteiger partial charge in [-0.15, -0.1) is 0 Å². The summed E-state index contributed by atoms with van der Waals surface area (Å²) in [7, 11) is 0. The molecule has 0 radical (unpaired) electrons. The molecule has 0 aliphatic carbocycles. The summed E-state index contributed by atoms with van der Waals surface area (Å²) in [5.41, 5.74) is 4.40. The van der Waals surface area contributed by atoms with Gasteiger partial charge in [-0.25, -0.2) is 0 Å². The van der Waals surface area contributed by atoms with Crippen molar-refractivity contribution in [3.8, 4) is 11.3 Å². The van der Waals surface area contributed by atoms with E-state index in [2.05, 4.69) is 61.4 Å². The lowest BCUT2D eigenvalue weighted by molar-refractivity contribution is 0.354. The van der Waals surface area contributed by atoms with Gasteiger partial charge in [-0.05, 0) is 40.2 Å². The van der Waals surface area contributed by atoms with E-state index in [9.17, 15) is 0 Å². The fraction of sp³-hybridized carbons (Fsp3) is 0.625. The Bertz CT molecular complexity index is 586. The van der Waals surface area contributed by atoms with Gasteiger partial charge in [0.05, 0.1) is 23.1 Å². The SMILES string of the molecule is Cc1nn(C(C)(C)C)cc1-c1[nH]ncc1CNCC(C)C. The Hall–Kier alpha value is -1.62. The van der Waals surface area contributed by atoms with Crippen molar-refractivity contribution >= 4 is 0 Å². The van der Waals surface area contributed by atoms with Crippen molar-refractivity contribution in [2.24, 2.45) is 5.92 Å². The maximum atomic E-state index is 4.64. The molecule has 0 fully saturated rings. The molecule has 116 valence electrons. The van der Waals surface area contributed by atoms with Gasteiger partial charge in [0.25, 0.3) is 0 Å². The topological polar surface area (TPSA) is 58.5 Å². The van der Waals surface area contributed by atoms with Crippen LogP contribution >= 0.6 is 0 Å². The summed E-state index contributed by atoms with van der Waals surface area (Å²) in [6.45, 7) is 14.8. The van der Waals surface area contributed by atoms with Crippen LogP contribution < -0.4 is 5.32 Å². The van der Waals surface area contributed by atoms with Crippen LogP contribution in [0, 0.1) is 12.8 Å². The number of aromatic amines is 1. The van der Waals surface area contributed by atoms with E-state index in [0.717, 1.165) is 30.0 Å². The maximum Gasteiger partial charge on any atom is 0.0729 e. The second kappa shape index (κ2) is 6.02. The van der Waals surface area contributed by atoms with Crippen LogP contribution in [-0.2, 0) is 12.1 Å². The van der Waals surface area contributed by atoms with Gasteiger partial charge >= 0.3 is 0 Å². The molecule has 21 heavy (non-hydrogen) atoms. The summed E-state index contributed by atoms with van der Waals surface area (Å²) in [4.78, 5) is 0. The largest absolute Gasteiger partial charge is 0.312 e. The van der Waals surface area contributed by atoms with Gasteiger partial charge in [-0.3, -0.25) is 9.78 Å². The standard InChI is InChI=1S/C16H27N5/c1-11(2)7-17-8-13-9-18-19-15(13)14-10-21(16(4,5)6)20-12(14)3/h9-11,17H,7-8H2,1-6H3,(H,18,19). The second-order valence-electron chi connectivity index (χ2n) is 7.04. The number of aryl methyl sites for hydroxylation is 1. The summed E-state index contributed by atoms with van der Waals surface area (Å²) in [5.74, 6) is 0.644. The molecule has 0 amide bonds. The summed E-state index contributed by atoms with van der Waals surface area (Å²) in [5, 5.41) is 15.4. The van der Waals surface area contributed by atoms with Crippen molar-refractivity contribution in [2.45, 2.75) is 53.6 Å². The highest BCUT2D eigenvalue weighted by Crippen LogP contribution is 2.26. The van der Waals surface area contributed by atoms with Crippen molar-refractivity contribution in [1.82, 2.24) is 25.3 Å². The van der Waals surface area contributed by atoms with Crippen LogP contribution in [0.25, 0.3) is 11.3 Å². The lowest BCUT2D eigenvalue weighted by atomic mass is 10.1. The van der Waals surface area contributed by atoms with Crippen LogP contribution in [0.3, 0.4) is 0 Å². The molecule has 5 heteroatoms. The Morgan fingerprint density at radius 1 is 1.33 bits per heavy atom. The number of nitrogens with one attached hydrogen (secondary N) is 2. The Balaban J connectivity index is 2.23. The van der Waals surface area contributed by atoms with E-state index < -0.39 is 0 Å². The highest BCUT2D eigenvalue weighted by Gasteiger charge is 2.19. The number of aromatic nitrogens is 4. The van der Waals surface area contributed by atoms with Gasteiger partial charge < -0.3 is 5.32 Å². The third kappa shape index (κ3) is 3.73. The first-order chi connectivity index (χ1) is 9.79. The fourth-order valence-electron chi connectivity index (χ4n) is 2.22. The van der Waals surface area contributed by atoms with E-state index in [-0.39, 0.29) is 5.54 Å². The summed E-state index contributed by atoms with van der Waals surface area (Å²) in [6.07, 6.45) is 4.01. The molecule has 5 nitrogen and oxygen atoms in total. The number of hydrogen-bond donors (Lipinski definition) is 2. The van der Waals surface area contributed by atoms with Gasteiger partial charge in [0.2, 0.25) is 0 Å². The minimum Gasteiger partial charge on any atom is -0.312 e. The van der Waals surface area contributed by atoms with E-state index in [1.807, 2.05) is 17.8 Å². The van der Waals surface area contributed by atoms with E-state index in [1.165, 1.54) is 5.56 Å². The molecular formula is C16H27N5. The minimum atomic E-state index is -0.0148. The molecule has 0 atom stereocenters. The molecule has 2 aromatic heterocycles. The lowest BCUT2D eigenvalue weighted by Gasteiger charge is -2.18. The highest BCUT2D eigenvalue weighted by molar-refractivity contribution is 5.64. The molecule has 0 unspecified atom stereocenters. The van der Waals surface area contributed by atoms with E-state index in [4.69, 9.17) is 0 Å². The number of hydrogen-bond acceptors (Lipinski definition) is 3. The fourth-order valence-corrected chi connectivity index (χ4v) is 2.22. The first kappa shape index (κ1) is 15.8.